The van der Waals surface area contributed by atoms with E-state index in [1.54, 1.807) is 0 Å². The second-order valence-corrected chi connectivity index (χ2v) is 3.42. The topological polar surface area (TPSA) is 52.9 Å². The molecule has 5 heteroatoms. The van der Waals surface area contributed by atoms with Crippen LogP contribution in [0.25, 0.3) is 0 Å². The van der Waals surface area contributed by atoms with Crippen molar-refractivity contribution in [3.63, 3.8) is 0 Å². The largest absolute Gasteiger partial charge is 0.325 e. The van der Waals surface area contributed by atoms with Crippen LogP contribution in [0.5, 0.6) is 0 Å². The minimum atomic E-state index is -0.264. The van der Waals surface area contributed by atoms with E-state index in [-0.39, 0.29) is 16.5 Å². The van der Waals surface area contributed by atoms with Gasteiger partial charge in [0.1, 0.15) is 6.07 Å². The van der Waals surface area contributed by atoms with Gasteiger partial charge >= 0.3 is 0 Å². The quantitative estimate of drug-likeness (QED) is 0.804. The van der Waals surface area contributed by atoms with Crippen molar-refractivity contribution in [1.82, 2.24) is 0 Å². The second-order valence-electron chi connectivity index (χ2n) is 2.60. The van der Waals surface area contributed by atoms with Crippen LogP contribution in [0.1, 0.15) is 12.5 Å². The Balaban J connectivity index is 3.22. The molecule has 14 heavy (non-hydrogen) atoms. The van der Waals surface area contributed by atoms with E-state index >= 15 is 0 Å². The number of benzene rings is 1. The summed E-state index contributed by atoms with van der Waals surface area (Å²) in [6, 6.07) is 4.77. The highest BCUT2D eigenvalue weighted by Gasteiger charge is 2.07. The van der Waals surface area contributed by atoms with Crippen LogP contribution in [0.2, 0.25) is 10.0 Å². The summed E-state index contributed by atoms with van der Waals surface area (Å²) in [5.41, 5.74) is 0.656. The van der Waals surface area contributed by atoms with Gasteiger partial charge in [-0.3, -0.25) is 4.79 Å². The molecule has 72 valence electrons. The SMILES string of the molecule is CC(=O)Nc1cc(Cl)c(Cl)cc1C#N. The number of carbonyl (C=O) groups is 1. The highest BCUT2D eigenvalue weighted by Crippen LogP contribution is 2.28. The van der Waals surface area contributed by atoms with Crippen molar-refractivity contribution in [2.24, 2.45) is 0 Å². The lowest BCUT2D eigenvalue weighted by atomic mass is 10.2. The van der Waals surface area contributed by atoms with E-state index in [1.807, 2.05) is 6.07 Å². The first kappa shape index (κ1) is 10.8. The summed E-state index contributed by atoms with van der Waals surface area (Å²) < 4.78 is 0. The molecule has 1 aromatic rings. The Hall–Kier alpha value is -1.24. The summed E-state index contributed by atoms with van der Waals surface area (Å²) >= 11 is 11.4. The standard InChI is InChI=1S/C9H6Cl2N2O/c1-5(14)13-9-3-8(11)7(10)2-6(9)4-12/h2-3H,1H3,(H,13,14). The normalized spacial score (nSPS) is 9.29. The minimum Gasteiger partial charge on any atom is -0.325 e. The molecule has 1 rings (SSSR count). The molecule has 0 aliphatic rings. The number of anilines is 1. The first-order valence-electron chi connectivity index (χ1n) is 3.71. The van der Waals surface area contributed by atoms with Crippen LogP contribution in [0, 0.1) is 11.3 Å². The predicted octanol–water partition coefficient (Wildman–Crippen LogP) is 2.82. The van der Waals surface area contributed by atoms with Gasteiger partial charge in [0.05, 0.1) is 21.3 Å². The molecular formula is C9H6Cl2N2O. The van der Waals surface area contributed by atoms with Gasteiger partial charge in [-0.25, -0.2) is 0 Å². The average molecular weight is 229 g/mol. The fourth-order valence-corrected chi connectivity index (χ4v) is 1.26. The van der Waals surface area contributed by atoms with Crippen LogP contribution < -0.4 is 5.32 Å². The maximum Gasteiger partial charge on any atom is 0.221 e. The average Bonchev–Trinajstić information content (AvgIpc) is 2.10. The molecule has 0 fully saturated rings. The zero-order chi connectivity index (χ0) is 10.7. The van der Waals surface area contributed by atoms with E-state index in [2.05, 4.69) is 5.32 Å². The Morgan fingerprint density at radius 2 is 2.00 bits per heavy atom. The molecule has 0 heterocycles. The maximum absolute atomic E-state index is 10.8. The summed E-state index contributed by atoms with van der Waals surface area (Å²) in [5.74, 6) is -0.264. The minimum absolute atomic E-state index is 0.264. The number of rotatable bonds is 1. The first-order chi connectivity index (χ1) is 6.54. The van der Waals surface area contributed by atoms with E-state index in [9.17, 15) is 4.79 Å². The highest BCUT2D eigenvalue weighted by atomic mass is 35.5. The number of nitrogens with one attached hydrogen (secondary N) is 1. The van der Waals surface area contributed by atoms with Gasteiger partial charge in [0.15, 0.2) is 0 Å². The Morgan fingerprint density at radius 3 is 2.50 bits per heavy atom. The number of nitriles is 1. The lowest BCUT2D eigenvalue weighted by Gasteiger charge is -2.05. The van der Waals surface area contributed by atoms with Gasteiger partial charge in [-0.2, -0.15) is 5.26 Å². The van der Waals surface area contributed by atoms with Crippen LogP contribution in [0.3, 0.4) is 0 Å². The zero-order valence-corrected chi connectivity index (χ0v) is 8.78. The molecule has 0 aliphatic carbocycles. The third kappa shape index (κ3) is 2.38. The van der Waals surface area contributed by atoms with Crippen molar-refractivity contribution < 1.29 is 4.79 Å². The number of hydrogen-bond acceptors (Lipinski definition) is 2. The molecule has 1 aromatic carbocycles. The smallest absolute Gasteiger partial charge is 0.221 e. The molecule has 1 N–H and O–H groups in total. The van der Waals surface area contributed by atoms with Crippen LogP contribution in [-0.4, -0.2) is 5.91 Å². The fraction of sp³-hybridized carbons (Fsp3) is 0.111. The van der Waals surface area contributed by atoms with Gasteiger partial charge in [-0.05, 0) is 12.1 Å². The Labute approximate surface area is 91.2 Å². The highest BCUT2D eigenvalue weighted by molar-refractivity contribution is 6.42. The van der Waals surface area contributed by atoms with E-state index in [0.29, 0.717) is 10.7 Å². The Morgan fingerprint density at radius 1 is 1.43 bits per heavy atom. The maximum atomic E-state index is 10.8. The number of nitrogens with zero attached hydrogens (tertiary/aromatic N) is 1. The van der Waals surface area contributed by atoms with Crippen LogP contribution in [0.4, 0.5) is 5.69 Å². The van der Waals surface area contributed by atoms with Crippen molar-refractivity contribution in [1.29, 1.82) is 5.26 Å². The lowest BCUT2D eigenvalue weighted by molar-refractivity contribution is -0.114. The van der Waals surface area contributed by atoms with Gasteiger partial charge in [-0.15, -0.1) is 0 Å². The predicted molar refractivity (Wildman–Crippen MR) is 55.5 cm³/mol. The number of amides is 1. The molecule has 0 aromatic heterocycles. The van der Waals surface area contributed by atoms with Crippen molar-refractivity contribution in [2.45, 2.75) is 6.92 Å². The number of hydrogen-bond donors (Lipinski definition) is 1. The molecule has 0 unspecified atom stereocenters. The summed E-state index contributed by atoms with van der Waals surface area (Å²) in [6.45, 7) is 1.35. The molecule has 0 radical (unpaired) electrons. The van der Waals surface area contributed by atoms with Crippen LogP contribution >= 0.6 is 23.2 Å². The molecular weight excluding hydrogens is 223 g/mol. The zero-order valence-electron chi connectivity index (χ0n) is 7.27. The van der Waals surface area contributed by atoms with E-state index in [0.717, 1.165) is 0 Å². The second kappa shape index (κ2) is 4.32. The van der Waals surface area contributed by atoms with Gasteiger partial charge in [-0.1, -0.05) is 23.2 Å². The Kier molecular flexibility index (Phi) is 3.34. The van der Waals surface area contributed by atoms with E-state index < -0.39 is 0 Å². The third-order valence-electron chi connectivity index (χ3n) is 1.49. The summed E-state index contributed by atoms with van der Waals surface area (Å²) in [4.78, 5) is 10.8. The van der Waals surface area contributed by atoms with Crippen molar-refractivity contribution >= 4 is 34.8 Å². The van der Waals surface area contributed by atoms with Gasteiger partial charge in [0.25, 0.3) is 0 Å². The van der Waals surface area contributed by atoms with Crippen LogP contribution in [-0.2, 0) is 4.79 Å². The monoisotopic (exact) mass is 228 g/mol. The lowest BCUT2D eigenvalue weighted by Crippen LogP contribution is -2.07. The summed E-state index contributed by atoms with van der Waals surface area (Å²) in [7, 11) is 0. The first-order valence-corrected chi connectivity index (χ1v) is 4.47. The third-order valence-corrected chi connectivity index (χ3v) is 2.21. The van der Waals surface area contributed by atoms with Gasteiger partial charge in [0, 0.05) is 6.92 Å². The molecule has 0 saturated heterocycles. The van der Waals surface area contributed by atoms with E-state index in [1.165, 1.54) is 19.1 Å². The number of halogens is 2. The molecule has 0 spiro atoms. The molecule has 3 nitrogen and oxygen atoms in total. The molecule has 0 aliphatic heterocycles. The summed E-state index contributed by atoms with van der Waals surface area (Å²) in [5, 5.41) is 11.8. The molecule has 0 atom stereocenters. The molecule has 0 saturated carbocycles. The van der Waals surface area contributed by atoms with Gasteiger partial charge < -0.3 is 5.32 Å². The number of carbonyl (C=O) groups excluding carboxylic acids is 1. The van der Waals surface area contributed by atoms with Crippen molar-refractivity contribution in [3.8, 4) is 6.07 Å². The van der Waals surface area contributed by atoms with Crippen molar-refractivity contribution in [3.05, 3.63) is 27.7 Å². The van der Waals surface area contributed by atoms with Crippen LogP contribution in [0.15, 0.2) is 12.1 Å². The molecule has 0 bridgehead atoms. The Bertz CT molecular complexity index is 424. The van der Waals surface area contributed by atoms with E-state index in [4.69, 9.17) is 28.5 Å². The fourth-order valence-electron chi connectivity index (χ4n) is 0.932. The molecule has 1 amide bonds. The van der Waals surface area contributed by atoms with Crippen molar-refractivity contribution in [2.75, 3.05) is 5.32 Å². The van der Waals surface area contributed by atoms with Gasteiger partial charge in [0.2, 0.25) is 5.91 Å². The summed E-state index contributed by atoms with van der Waals surface area (Å²) in [6.07, 6.45) is 0.